The van der Waals surface area contributed by atoms with Gasteiger partial charge < -0.3 is 5.73 Å². The second-order valence-corrected chi connectivity index (χ2v) is 3.67. The van der Waals surface area contributed by atoms with Crippen LogP contribution in [0, 0.1) is 6.92 Å². The molecule has 0 bridgehead atoms. The van der Waals surface area contributed by atoms with E-state index in [2.05, 4.69) is 4.18 Å². The Morgan fingerprint density at radius 2 is 2.17 bits per heavy atom. The number of rotatable bonds is 2. The Kier molecular flexibility index (Phi) is 2.83. The number of nitrogens with two attached hydrogens (primary N) is 1. The first-order valence-electron chi connectivity index (χ1n) is 3.47. The monoisotopic (exact) mass is 185 g/mol. The van der Waals surface area contributed by atoms with Gasteiger partial charge in [0.05, 0.1) is 12.0 Å². The zero-order chi connectivity index (χ0) is 9.14. The van der Waals surface area contributed by atoms with Gasteiger partial charge in [0.25, 0.3) is 0 Å². The number of hydrogen-bond donors (Lipinski definition) is 1. The highest BCUT2D eigenvalue weighted by Crippen LogP contribution is 2.16. The van der Waals surface area contributed by atoms with Crippen molar-refractivity contribution in [2.75, 3.05) is 12.8 Å². The molecule has 12 heavy (non-hydrogen) atoms. The lowest BCUT2D eigenvalue weighted by atomic mass is 10.2. The van der Waals surface area contributed by atoms with Gasteiger partial charge in [-0.25, -0.2) is 4.21 Å². The molecule has 1 aromatic rings. The Morgan fingerprint density at radius 3 is 2.67 bits per heavy atom. The van der Waals surface area contributed by atoms with E-state index in [0.717, 1.165) is 5.56 Å². The van der Waals surface area contributed by atoms with Crippen LogP contribution in [0.3, 0.4) is 0 Å². The second kappa shape index (κ2) is 3.69. The van der Waals surface area contributed by atoms with Gasteiger partial charge in [0.2, 0.25) is 0 Å². The first-order chi connectivity index (χ1) is 5.65. The molecular weight excluding hydrogens is 174 g/mol. The minimum absolute atomic E-state index is 0.671. The summed E-state index contributed by atoms with van der Waals surface area (Å²) in [4.78, 5) is 0.673. The molecule has 0 spiro atoms. The number of anilines is 1. The molecule has 0 aromatic heterocycles. The van der Waals surface area contributed by atoms with E-state index in [1.165, 1.54) is 7.11 Å². The molecule has 0 saturated carbocycles. The van der Waals surface area contributed by atoms with Crippen molar-refractivity contribution < 1.29 is 8.39 Å². The minimum atomic E-state index is -1.37. The molecule has 1 rings (SSSR count). The van der Waals surface area contributed by atoms with Crippen molar-refractivity contribution in [3.8, 4) is 0 Å². The summed E-state index contributed by atoms with van der Waals surface area (Å²) in [5, 5.41) is 0. The van der Waals surface area contributed by atoms with Crippen LogP contribution in [0.2, 0.25) is 0 Å². The lowest BCUT2D eigenvalue weighted by Crippen LogP contribution is -1.97. The van der Waals surface area contributed by atoms with Gasteiger partial charge in [-0.2, -0.15) is 0 Å². The van der Waals surface area contributed by atoms with Crippen molar-refractivity contribution in [1.29, 1.82) is 0 Å². The van der Waals surface area contributed by atoms with Gasteiger partial charge in [-0.3, -0.25) is 4.18 Å². The van der Waals surface area contributed by atoms with Crippen LogP contribution in [0.1, 0.15) is 5.56 Å². The van der Waals surface area contributed by atoms with Gasteiger partial charge in [-0.1, -0.05) is 0 Å². The molecule has 0 heterocycles. The summed E-state index contributed by atoms with van der Waals surface area (Å²) in [5.74, 6) is 0. The third kappa shape index (κ3) is 1.84. The normalized spacial score (nSPS) is 12.8. The fourth-order valence-electron chi connectivity index (χ4n) is 0.949. The van der Waals surface area contributed by atoms with Crippen molar-refractivity contribution in [1.82, 2.24) is 0 Å². The van der Waals surface area contributed by atoms with Gasteiger partial charge in [0.1, 0.15) is 0 Å². The fourth-order valence-corrected chi connectivity index (χ4v) is 1.63. The van der Waals surface area contributed by atoms with Crippen molar-refractivity contribution in [3.63, 3.8) is 0 Å². The molecule has 0 saturated heterocycles. The smallest absolute Gasteiger partial charge is 0.189 e. The van der Waals surface area contributed by atoms with E-state index in [0.29, 0.717) is 10.6 Å². The number of nitrogen functional groups attached to an aromatic ring is 1. The summed E-state index contributed by atoms with van der Waals surface area (Å²) in [6.45, 7) is 1.85. The molecule has 66 valence electrons. The van der Waals surface area contributed by atoms with Crippen LogP contribution in [-0.2, 0) is 15.3 Å². The fraction of sp³-hybridized carbons (Fsp3) is 0.250. The average Bonchev–Trinajstić information content (AvgIpc) is 2.03. The van der Waals surface area contributed by atoms with Crippen molar-refractivity contribution >= 4 is 16.8 Å². The predicted molar refractivity (Wildman–Crippen MR) is 49.0 cm³/mol. The highest BCUT2D eigenvalue weighted by Gasteiger charge is 2.05. The molecule has 2 N–H and O–H groups in total. The average molecular weight is 185 g/mol. The number of benzene rings is 1. The SMILES string of the molecule is COS(=O)c1ccc(N)cc1C. The van der Waals surface area contributed by atoms with Gasteiger partial charge >= 0.3 is 0 Å². The van der Waals surface area contributed by atoms with E-state index in [1.807, 2.05) is 6.92 Å². The summed E-state index contributed by atoms with van der Waals surface area (Å²) < 4.78 is 15.9. The van der Waals surface area contributed by atoms with E-state index in [1.54, 1.807) is 18.2 Å². The van der Waals surface area contributed by atoms with Crippen LogP contribution < -0.4 is 5.73 Å². The summed E-state index contributed by atoms with van der Waals surface area (Å²) in [5.41, 5.74) is 7.08. The summed E-state index contributed by atoms with van der Waals surface area (Å²) in [6.07, 6.45) is 0. The van der Waals surface area contributed by atoms with Crippen LogP contribution in [0.4, 0.5) is 5.69 Å². The Balaban J connectivity index is 3.09. The Labute approximate surface area is 74.2 Å². The molecule has 0 aliphatic carbocycles. The maximum atomic E-state index is 11.2. The molecule has 4 heteroatoms. The lowest BCUT2D eigenvalue weighted by Gasteiger charge is -2.03. The molecule has 0 radical (unpaired) electrons. The highest BCUT2D eigenvalue weighted by molar-refractivity contribution is 7.80. The standard InChI is InChI=1S/C8H11NO2S/c1-6-5-7(9)3-4-8(6)12(10)11-2/h3-5H,9H2,1-2H3. The van der Waals surface area contributed by atoms with Crippen LogP contribution in [0.15, 0.2) is 23.1 Å². The molecular formula is C8H11NO2S. The van der Waals surface area contributed by atoms with Crippen molar-refractivity contribution in [3.05, 3.63) is 23.8 Å². The highest BCUT2D eigenvalue weighted by atomic mass is 32.2. The number of hydrogen-bond acceptors (Lipinski definition) is 3. The van der Waals surface area contributed by atoms with E-state index in [-0.39, 0.29) is 0 Å². The van der Waals surface area contributed by atoms with Crippen LogP contribution in [-0.4, -0.2) is 11.3 Å². The molecule has 0 aliphatic heterocycles. The second-order valence-electron chi connectivity index (χ2n) is 2.43. The largest absolute Gasteiger partial charge is 0.399 e. The first-order valence-corrected chi connectivity index (χ1v) is 4.55. The maximum Gasteiger partial charge on any atom is 0.189 e. The minimum Gasteiger partial charge on any atom is -0.399 e. The van der Waals surface area contributed by atoms with Crippen molar-refractivity contribution in [2.24, 2.45) is 0 Å². The predicted octanol–water partition coefficient (Wildman–Crippen LogP) is 1.25. The maximum absolute atomic E-state index is 11.2. The van der Waals surface area contributed by atoms with Gasteiger partial charge in [-0.15, -0.1) is 0 Å². The Morgan fingerprint density at radius 1 is 1.50 bits per heavy atom. The van der Waals surface area contributed by atoms with Gasteiger partial charge in [-0.05, 0) is 30.7 Å². The molecule has 1 atom stereocenters. The molecule has 1 unspecified atom stereocenters. The zero-order valence-electron chi connectivity index (χ0n) is 7.03. The van der Waals surface area contributed by atoms with E-state index in [4.69, 9.17) is 5.73 Å². The Hall–Kier alpha value is -0.870. The van der Waals surface area contributed by atoms with Crippen LogP contribution in [0.25, 0.3) is 0 Å². The van der Waals surface area contributed by atoms with Crippen molar-refractivity contribution in [2.45, 2.75) is 11.8 Å². The third-order valence-corrected chi connectivity index (χ3v) is 2.65. The molecule has 0 aliphatic rings. The summed E-state index contributed by atoms with van der Waals surface area (Å²) >= 11 is -1.37. The lowest BCUT2D eigenvalue weighted by molar-refractivity contribution is 0.445. The molecule has 3 nitrogen and oxygen atoms in total. The summed E-state index contributed by atoms with van der Waals surface area (Å²) in [6, 6.07) is 5.19. The van der Waals surface area contributed by atoms with E-state index >= 15 is 0 Å². The topological polar surface area (TPSA) is 52.3 Å². The first kappa shape index (κ1) is 9.22. The Bertz CT molecular complexity index is 312. The quantitative estimate of drug-likeness (QED) is 0.705. The van der Waals surface area contributed by atoms with Gasteiger partial charge in [0, 0.05) is 5.69 Å². The van der Waals surface area contributed by atoms with Crippen LogP contribution >= 0.6 is 0 Å². The van der Waals surface area contributed by atoms with E-state index in [9.17, 15) is 4.21 Å². The van der Waals surface area contributed by atoms with Gasteiger partial charge in [0.15, 0.2) is 11.1 Å². The third-order valence-electron chi connectivity index (χ3n) is 1.53. The number of aryl methyl sites for hydroxylation is 1. The zero-order valence-corrected chi connectivity index (χ0v) is 7.85. The molecule has 0 amide bonds. The molecule has 1 aromatic carbocycles. The van der Waals surface area contributed by atoms with E-state index < -0.39 is 11.1 Å². The van der Waals surface area contributed by atoms with Crippen LogP contribution in [0.5, 0.6) is 0 Å². The summed E-state index contributed by atoms with van der Waals surface area (Å²) in [7, 11) is 1.41. The molecule has 0 fully saturated rings.